The van der Waals surface area contributed by atoms with Crippen molar-refractivity contribution in [1.82, 2.24) is 4.57 Å². The lowest BCUT2D eigenvalue weighted by atomic mass is 10.1. The number of Topliss-reactive ketones (excluding diaryl/α,β-unsaturated/α-hetero) is 1. The molecule has 1 N–H and O–H groups in total. The number of carbonyl (C=O) groups excluding carboxylic acids is 1. The average Bonchev–Trinajstić information content (AvgIpc) is 2.98. The smallest absolute Gasteiger partial charge is 0.271 e. The van der Waals surface area contributed by atoms with E-state index in [1.54, 1.807) is 23.6 Å². The Morgan fingerprint density at radius 2 is 2.08 bits per heavy atom. The highest BCUT2D eigenvalue weighted by Gasteiger charge is 2.16. The number of thiazole rings is 1. The van der Waals surface area contributed by atoms with E-state index in [-0.39, 0.29) is 11.3 Å². The lowest BCUT2D eigenvalue weighted by Gasteiger charge is -2.25. The second-order valence-corrected chi connectivity index (χ2v) is 7.06. The van der Waals surface area contributed by atoms with Crippen LogP contribution in [0.25, 0.3) is 6.08 Å². The highest BCUT2D eigenvalue weighted by molar-refractivity contribution is 7.07. The van der Waals surface area contributed by atoms with Gasteiger partial charge in [-0.15, -0.1) is 0 Å². The third-order valence-electron chi connectivity index (χ3n) is 4.24. The van der Waals surface area contributed by atoms with E-state index in [9.17, 15) is 9.59 Å². The van der Waals surface area contributed by atoms with E-state index < -0.39 is 0 Å². The number of benzene rings is 1. The molecule has 3 aromatic rings. The van der Waals surface area contributed by atoms with Crippen LogP contribution in [-0.2, 0) is 6.67 Å². The Bertz CT molecular complexity index is 1130. The minimum absolute atomic E-state index is 0.0366. The van der Waals surface area contributed by atoms with Crippen molar-refractivity contribution < 1.29 is 9.78 Å². The normalized spacial score (nSPS) is 14.0. The van der Waals surface area contributed by atoms with Crippen molar-refractivity contribution in [2.45, 2.75) is 13.6 Å². The molecule has 3 heterocycles. The number of nitrogens with zero attached hydrogens (tertiary/aromatic N) is 3. The van der Waals surface area contributed by atoms with E-state index in [2.05, 4.69) is 9.98 Å². The number of nitrogens with one attached hydrogen (secondary N) is 1. The number of rotatable bonds is 3. The summed E-state index contributed by atoms with van der Waals surface area (Å²) >= 11 is 1.40. The molecule has 2 aromatic heterocycles. The maximum Gasteiger partial charge on any atom is 0.271 e. The summed E-state index contributed by atoms with van der Waals surface area (Å²) in [4.78, 5) is 34.4. The van der Waals surface area contributed by atoms with Gasteiger partial charge in [0.2, 0.25) is 0 Å². The summed E-state index contributed by atoms with van der Waals surface area (Å²) < 4.78 is 2.35. The van der Waals surface area contributed by atoms with E-state index in [0.29, 0.717) is 23.4 Å². The van der Waals surface area contributed by atoms with Gasteiger partial charge in [-0.3, -0.25) is 14.2 Å². The molecule has 26 heavy (non-hydrogen) atoms. The SMILES string of the molecule is CC(=O)c1ccc(N2CN=c3sc(=Cc4ccc[nH+]c4)c(=O)n3C2)cc1. The van der Waals surface area contributed by atoms with Gasteiger partial charge in [-0.1, -0.05) is 11.3 Å². The van der Waals surface area contributed by atoms with E-state index >= 15 is 0 Å². The van der Waals surface area contributed by atoms with Crippen molar-refractivity contribution in [3.8, 4) is 0 Å². The number of hydrogen-bond acceptors (Lipinski definition) is 5. The summed E-state index contributed by atoms with van der Waals surface area (Å²) in [5, 5.41) is 0. The van der Waals surface area contributed by atoms with Crippen molar-refractivity contribution in [1.29, 1.82) is 0 Å². The van der Waals surface area contributed by atoms with Gasteiger partial charge >= 0.3 is 0 Å². The van der Waals surface area contributed by atoms with Gasteiger partial charge in [-0.25, -0.2) is 9.98 Å². The molecule has 1 aromatic carbocycles. The number of pyridine rings is 1. The molecule has 0 saturated carbocycles. The van der Waals surface area contributed by atoms with Crippen LogP contribution >= 0.6 is 11.3 Å². The molecular weight excluding hydrogens is 348 g/mol. The molecular formula is C19H17N4O2S+. The fourth-order valence-electron chi connectivity index (χ4n) is 2.83. The Hall–Kier alpha value is -3.06. The Morgan fingerprint density at radius 1 is 1.27 bits per heavy atom. The van der Waals surface area contributed by atoms with E-state index in [1.165, 1.54) is 11.3 Å². The van der Waals surface area contributed by atoms with Crippen LogP contribution < -0.4 is 24.8 Å². The van der Waals surface area contributed by atoms with Crippen LogP contribution in [-0.4, -0.2) is 17.0 Å². The van der Waals surface area contributed by atoms with Gasteiger partial charge in [0.1, 0.15) is 13.3 Å². The van der Waals surface area contributed by atoms with Crippen LogP contribution in [0.2, 0.25) is 0 Å². The molecule has 6 nitrogen and oxygen atoms in total. The lowest BCUT2D eigenvalue weighted by Crippen LogP contribution is -2.42. The molecule has 1 aliphatic rings. The fourth-order valence-corrected chi connectivity index (χ4v) is 3.79. The number of aromatic amines is 1. The summed E-state index contributed by atoms with van der Waals surface area (Å²) in [6.07, 6.45) is 5.55. The van der Waals surface area contributed by atoms with Gasteiger partial charge in [-0.05, 0) is 43.3 Å². The number of H-pyrrole nitrogens is 1. The Balaban J connectivity index is 1.66. The molecule has 7 heteroatoms. The van der Waals surface area contributed by atoms with Crippen LogP contribution in [0.1, 0.15) is 22.8 Å². The highest BCUT2D eigenvalue weighted by atomic mass is 32.1. The summed E-state index contributed by atoms with van der Waals surface area (Å²) in [6, 6.07) is 11.2. The average molecular weight is 365 g/mol. The molecule has 0 amide bonds. The zero-order chi connectivity index (χ0) is 18.1. The number of aromatic nitrogens is 2. The third kappa shape index (κ3) is 3.09. The summed E-state index contributed by atoms with van der Waals surface area (Å²) in [5.74, 6) is 0.0366. The molecule has 0 atom stereocenters. The molecule has 4 rings (SSSR count). The minimum atomic E-state index is -0.0392. The standard InChI is InChI=1S/C19H16N4O2S/c1-13(24)15-4-6-16(7-5-15)22-11-21-19-23(12-22)18(25)17(26-19)9-14-3-2-8-20-10-14/h2-10H,11-12H2,1H3/p+1. The quantitative estimate of drug-likeness (QED) is 0.645. The molecule has 0 unspecified atom stereocenters. The molecule has 0 fully saturated rings. The van der Waals surface area contributed by atoms with Crippen LogP contribution in [0, 0.1) is 0 Å². The molecule has 1 aliphatic heterocycles. The van der Waals surface area contributed by atoms with E-state index in [1.807, 2.05) is 47.6 Å². The molecule has 0 saturated heterocycles. The van der Waals surface area contributed by atoms with E-state index in [0.717, 1.165) is 16.1 Å². The largest absolute Gasteiger partial charge is 0.334 e. The highest BCUT2D eigenvalue weighted by Crippen LogP contribution is 2.17. The van der Waals surface area contributed by atoms with Crippen molar-refractivity contribution in [3.05, 3.63) is 79.6 Å². The van der Waals surface area contributed by atoms with Gasteiger partial charge in [0.05, 0.1) is 4.53 Å². The second kappa shape index (κ2) is 6.68. The van der Waals surface area contributed by atoms with E-state index in [4.69, 9.17) is 0 Å². The van der Waals surface area contributed by atoms with Gasteiger partial charge < -0.3 is 4.90 Å². The first kappa shape index (κ1) is 16.4. The minimum Gasteiger partial charge on any atom is -0.334 e. The van der Waals surface area contributed by atoms with Crippen LogP contribution in [0.3, 0.4) is 0 Å². The van der Waals surface area contributed by atoms with Gasteiger partial charge in [0.15, 0.2) is 23.0 Å². The van der Waals surface area contributed by atoms with Gasteiger partial charge in [-0.2, -0.15) is 0 Å². The zero-order valence-corrected chi connectivity index (χ0v) is 15.0. The zero-order valence-electron chi connectivity index (χ0n) is 14.2. The molecule has 0 spiro atoms. The lowest BCUT2D eigenvalue weighted by molar-refractivity contribution is -0.378. The number of carbonyl (C=O) groups is 1. The monoisotopic (exact) mass is 365 g/mol. The van der Waals surface area contributed by atoms with Crippen LogP contribution in [0.15, 0.2) is 58.6 Å². The van der Waals surface area contributed by atoms with Crippen molar-refractivity contribution in [2.75, 3.05) is 11.6 Å². The van der Waals surface area contributed by atoms with Crippen molar-refractivity contribution in [3.63, 3.8) is 0 Å². The summed E-state index contributed by atoms with van der Waals surface area (Å²) in [7, 11) is 0. The first-order valence-corrected chi connectivity index (χ1v) is 9.01. The predicted molar refractivity (Wildman–Crippen MR) is 99.7 cm³/mol. The summed E-state index contributed by atoms with van der Waals surface area (Å²) in [5.41, 5.74) is 2.52. The predicted octanol–water partition coefficient (Wildman–Crippen LogP) is 0.810. The van der Waals surface area contributed by atoms with Gasteiger partial charge in [0.25, 0.3) is 5.56 Å². The Labute approximate surface area is 153 Å². The first-order valence-electron chi connectivity index (χ1n) is 8.20. The third-order valence-corrected chi connectivity index (χ3v) is 5.29. The Morgan fingerprint density at radius 3 is 2.77 bits per heavy atom. The maximum absolute atomic E-state index is 12.7. The number of anilines is 1. The molecule has 0 bridgehead atoms. The number of fused-ring (bicyclic) bond motifs is 1. The van der Waals surface area contributed by atoms with Crippen molar-refractivity contribution in [2.24, 2.45) is 4.99 Å². The Kier molecular flexibility index (Phi) is 4.22. The number of hydrogen-bond donors (Lipinski definition) is 0. The first-order chi connectivity index (χ1) is 12.6. The maximum atomic E-state index is 12.7. The van der Waals surface area contributed by atoms with Gasteiger partial charge in [0, 0.05) is 22.9 Å². The fraction of sp³-hybridized carbons (Fsp3) is 0.158. The van der Waals surface area contributed by atoms with Crippen molar-refractivity contribution >= 4 is 28.9 Å². The molecule has 130 valence electrons. The summed E-state index contributed by atoms with van der Waals surface area (Å²) in [6.45, 7) is 2.48. The topological polar surface area (TPSA) is 68.8 Å². The molecule has 0 radical (unpaired) electrons. The molecule has 0 aliphatic carbocycles. The second-order valence-electron chi connectivity index (χ2n) is 6.05. The van der Waals surface area contributed by atoms with Crippen LogP contribution in [0.5, 0.6) is 0 Å². The number of ketones is 1. The van der Waals surface area contributed by atoms with Crippen LogP contribution in [0.4, 0.5) is 5.69 Å².